The molecule has 2 amide bonds. The van der Waals surface area contributed by atoms with E-state index in [1.54, 1.807) is 11.0 Å². The molecule has 0 saturated carbocycles. The molecule has 3 rings (SSSR count). The fourth-order valence-electron chi connectivity index (χ4n) is 3.42. The van der Waals surface area contributed by atoms with Crippen LogP contribution in [0.15, 0.2) is 59.6 Å². The minimum Gasteiger partial charge on any atom is -0.357 e. The van der Waals surface area contributed by atoms with Crippen molar-refractivity contribution in [2.24, 2.45) is 4.99 Å². The third kappa shape index (κ3) is 5.59. The Morgan fingerprint density at radius 2 is 1.83 bits per heavy atom. The van der Waals surface area contributed by atoms with Crippen molar-refractivity contribution in [3.63, 3.8) is 0 Å². The number of nitrogens with one attached hydrogen (secondary N) is 3. The van der Waals surface area contributed by atoms with Gasteiger partial charge in [0.1, 0.15) is 0 Å². The van der Waals surface area contributed by atoms with Gasteiger partial charge in [-0.3, -0.25) is 9.59 Å². The zero-order chi connectivity index (χ0) is 21.3. The van der Waals surface area contributed by atoms with Gasteiger partial charge in [0.25, 0.3) is 5.91 Å². The van der Waals surface area contributed by atoms with E-state index in [4.69, 9.17) is 0 Å². The van der Waals surface area contributed by atoms with Gasteiger partial charge in [-0.05, 0) is 43.7 Å². The average molecular weight is 408 g/mol. The van der Waals surface area contributed by atoms with E-state index >= 15 is 0 Å². The Morgan fingerprint density at radius 3 is 2.57 bits per heavy atom. The molecule has 158 valence electrons. The smallest absolute Gasteiger partial charge is 0.251 e. The molecule has 1 unspecified atom stereocenters. The molecule has 2 aromatic rings. The molecule has 0 aromatic heterocycles. The van der Waals surface area contributed by atoms with Crippen molar-refractivity contribution in [2.75, 3.05) is 24.5 Å². The van der Waals surface area contributed by atoms with Gasteiger partial charge in [-0.2, -0.15) is 0 Å². The number of rotatable bonds is 7. The van der Waals surface area contributed by atoms with Crippen molar-refractivity contribution in [1.82, 2.24) is 16.0 Å². The van der Waals surface area contributed by atoms with E-state index in [1.165, 1.54) is 0 Å². The zero-order valence-electron chi connectivity index (χ0n) is 17.5. The van der Waals surface area contributed by atoms with Gasteiger partial charge in [0, 0.05) is 37.3 Å². The van der Waals surface area contributed by atoms with E-state index in [-0.39, 0.29) is 17.9 Å². The third-order valence-corrected chi connectivity index (χ3v) is 4.82. The van der Waals surface area contributed by atoms with Crippen molar-refractivity contribution in [3.8, 4) is 0 Å². The van der Waals surface area contributed by atoms with Crippen LogP contribution in [0, 0.1) is 0 Å². The number of nitrogens with zero attached hydrogens (tertiary/aromatic N) is 2. The van der Waals surface area contributed by atoms with E-state index < -0.39 is 0 Å². The van der Waals surface area contributed by atoms with Crippen LogP contribution in [0.2, 0.25) is 0 Å². The van der Waals surface area contributed by atoms with Crippen molar-refractivity contribution in [3.05, 3.63) is 65.7 Å². The van der Waals surface area contributed by atoms with Crippen LogP contribution in [-0.4, -0.2) is 43.5 Å². The summed E-state index contributed by atoms with van der Waals surface area (Å²) in [5.41, 5.74) is 2.49. The molecule has 0 radical (unpaired) electrons. The summed E-state index contributed by atoms with van der Waals surface area (Å²) in [5, 5.41) is 9.42. The lowest BCUT2D eigenvalue weighted by atomic mass is 10.1. The molecule has 0 aliphatic carbocycles. The maximum atomic E-state index is 12.4. The maximum Gasteiger partial charge on any atom is 0.251 e. The van der Waals surface area contributed by atoms with E-state index in [9.17, 15) is 9.59 Å². The number of aliphatic imine (C=N–C) groups is 1. The van der Waals surface area contributed by atoms with E-state index in [1.807, 2.05) is 62.4 Å². The lowest BCUT2D eigenvalue weighted by Gasteiger charge is -2.19. The SMILES string of the molecule is CCNC(=O)c1cccc(CN=C(NCC)NC2CC(=O)N(c3ccccc3)C2)c1. The summed E-state index contributed by atoms with van der Waals surface area (Å²) < 4.78 is 0. The largest absolute Gasteiger partial charge is 0.357 e. The number of amides is 2. The fraction of sp³-hybridized carbons (Fsp3) is 0.348. The van der Waals surface area contributed by atoms with Crippen LogP contribution in [-0.2, 0) is 11.3 Å². The number of anilines is 1. The minimum atomic E-state index is -0.0844. The number of para-hydroxylation sites is 1. The Kier molecular flexibility index (Phi) is 7.43. The first-order chi connectivity index (χ1) is 14.6. The van der Waals surface area contributed by atoms with E-state index in [0.717, 1.165) is 11.3 Å². The summed E-state index contributed by atoms with van der Waals surface area (Å²) >= 11 is 0. The Morgan fingerprint density at radius 1 is 1.07 bits per heavy atom. The maximum absolute atomic E-state index is 12.4. The first-order valence-corrected chi connectivity index (χ1v) is 10.4. The Bertz CT molecular complexity index is 897. The predicted molar refractivity (Wildman–Crippen MR) is 120 cm³/mol. The van der Waals surface area contributed by atoms with Gasteiger partial charge in [0.05, 0.1) is 12.6 Å². The molecule has 2 aromatic carbocycles. The summed E-state index contributed by atoms with van der Waals surface area (Å²) in [5.74, 6) is 0.677. The number of benzene rings is 2. The third-order valence-electron chi connectivity index (χ3n) is 4.82. The van der Waals surface area contributed by atoms with Crippen molar-refractivity contribution in [2.45, 2.75) is 32.9 Å². The van der Waals surface area contributed by atoms with Gasteiger partial charge < -0.3 is 20.9 Å². The fourth-order valence-corrected chi connectivity index (χ4v) is 3.42. The van der Waals surface area contributed by atoms with Gasteiger partial charge in [-0.25, -0.2) is 4.99 Å². The molecule has 1 fully saturated rings. The summed E-state index contributed by atoms with van der Waals surface area (Å²) in [6.07, 6.45) is 0.423. The quantitative estimate of drug-likeness (QED) is 0.486. The summed E-state index contributed by atoms with van der Waals surface area (Å²) in [6.45, 7) is 6.24. The van der Waals surface area contributed by atoms with Gasteiger partial charge in [-0.15, -0.1) is 0 Å². The van der Waals surface area contributed by atoms with Gasteiger partial charge in [0.15, 0.2) is 5.96 Å². The van der Waals surface area contributed by atoms with Gasteiger partial charge in [0.2, 0.25) is 5.91 Å². The van der Waals surface area contributed by atoms with E-state index in [2.05, 4.69) is 20.9 Å². The Hall–Kier alpha value is -3.35. The molecule has 1 heterocycles. The Balaban J connectivity index is 1.65. The monoisotopic (exact) mass is 407 g/mol. The summed E-state index contributed by atoms with van der Waals surface area (Å²) in [7, 11) is 0. The van der Waals surface area contributed by atoms with Crippen molar-refractivity contribution >= 4 is 23.5 Å². The molecule has 1 aliphatic heterocycles. The van der Waals surface area contributed by atoms with Crippen LogP contribution >= 0.6 is 0 Å². The second kappa shape index (κ2) is 10.4. The molecule has 1 saturated heterocycles. The lowest BCUT2D eigenvalue weighted by Crippen LogP contribution is -2.44. The topological polar surface area (TPSA) is 85.8 Å². The van der Waals surface area contributed by atoms with Crippen molar-refractivity contribution in [1.29, 1.82) is 0 Å². The standard InChI is InChI=1S/C23H29N5O2/c1-3-24-22(30)18-10-8-9-17(13-18)15-26-23(25-4-2)27-19-14-21(29)28(16-19)20-11-6-5-7-12-20/h5-13,19H,3-4,14-16H2,1-2H3,(H,24,30)(H2,25,26,27). The summed E-state index contributed by atoms with van der Waals surface area (Å²) in [4.78, 5) is 30.9. The van der Waals surface area contributed by atoms with Crippen LogP contribution in [0.5, 0.6) is 0 Å². The molecule has 3 N–H and O–H groups in total. The molecule has 0 spiro atoms. The summed E-state index contributed by atoms with van der Waals surface area (Å²) in [6, 6.07) is 17.2. The zero-order valence-corrected chi connectivity index (χ0v) is 17.5. The van der Waals surface area contributed by atoms with Crippen LogP contribution in [0.3, 0.4) is 0 Å². The predicted octanol–water partition coefficient (Wildman–Crippen LogP) is 2.30. The molecule has 7 heteroatoms. The molecule has 1 atom stereocenters. The van der Waals surface area contributed by atoms with Crippen LogP contribution in [0.4, 0.5) is 5.69 Å². The average Bonchev–Trinajstić information content (AvgIpc) is 3.13. The first kappa shape index (κ1) is 21.4. The number of guanidine groups is 1. The number of hydrogen-bond donors (Lipinski definition) is 3. The van der Waals surface area contributed by atoms with E-state index in [0.29, 0.717) is 44.1 Å². The second-order valence-corrected chi connectivity index (χ2v) is 7.14. The van der Waals surface area contributed by atoms with Gasteiger partial charge >= 0.3 is 0 Å². The molecule has 1 aliphatic rings. The highest BCUT2D eigenvalue weighted by atomic mass is 16.2. The highest BCUT2D eigenvalue weighted by Gasteiger charge is 2.31. The molecule has 0 bridgehead atoms. The highest BCUT2D eigenvalue weighted by Crippen LogP contribution is 2.21. The molecular formula is C23H29N5O2. The number of hydrogen-bond acceptors (Lipinski definition) is 3. The second-order valence-electron chi connectivity index (χ2n) is 7.14. The Labute approximate surface area is 177 Å². The molecular weight excluding hydrogens is 378 g/mol. The molecule has 30 heavy (non-hydrogen) atoms. The first-order valence-electron chi connectivity index (χ1n) is 10.4. The van der Waals surface area contributed by atoms with Gasteiger partial charge in [-0.1, -0.05) is 30.3 Å². The van der Waals surface area contributed by atoms with Crippen LogP contribution in [0.25, 0.3) is 0 Å². The highest BCUT2D eigenvalue weighted by molar-refractivity contribution is 5.97. The molecule has 7 nitrogen and oxygen atoms in total. The van der Waals surface area contributed by atoms with Crippen LogP contribution in [0.1, 0.15) is 36.2 Å². The number of carbonyl (C=O) groups excluding carboxylic acids is 2. The van der Waals surface area contributed by atoms with Crippen LogP contribution < -0.4 is 20.9 Å². The minimum absolute atomic E-state index is 0.0165. The number of carbonyl (C=O) groups is 2. The normalized spacial score (nSPS) is 16.5. The lowest BCUT2D eigenvalue weighted by molar-refractivity contribution is -0.117. The van der Waals surface area contributed by atoms with Crippen molar-refractivity contribution < 1.29 is 9.59 Å².